The third-order valence-corrected chi connectivity index (χ3v) is 3.76. The van der Waals surface area contributed by atoms with Crippen LogP contribution >= 0.6 is 0 Å². The van der Waals surface area contributed by atoms with Crippen molar-refractivity contribution in [1.29, 1.82) is 0 Å². The van der Waals surface area contributed by atoms with Gasteiger partial charge in [0.15, 0.2) is 23.0 Å². The van der Waals surface area contributed by atoms with Gasteiger partial charge in [-0.2, -0.15) is 0 Å². The summed E-state index contributed by atoms with van der Waals surface area (Å²) in [7, 11) is 7.86. The fourth-order valence-corrected chi connectivity index (χ4v) is 2.49. The summed E-state index contributed by atoms with van der Waals surface area (Å²) in [6.45, 7) is 0. The van der Waals surface area contributed by atoms with Gasteiger partial charge in [-0.15, -0.1) is 0 Å². The molecule has 2 rings (SSSR count). The van der Waals surface area contributed by atoms with Crippen LogP contribution in [0, 0.1) is 0 Å². The number of nitrogens with two attached hydrogens (primary N) is 1. The third kappa shape index (κ3) is 3.74. The molecular formula is C19H23NO5. The Kier molecular flexibility index (Phi) is 6.00. The number of rotatable bonds is 7. The van der Waals surface area contributed by atoms with Crippen LogP contribution in [0.4, 0.5) is 5.69 Å². The quantitative estimate of drug-likeness (QED) is 0.612. The van der Waals surface area contributed by atoms with E-state index in [-0.39, 0.29) is 0 Å². The molecule has 0 aliphatic rings. The Labute approximate surface area is 147 Å². The first kappa shape index (κ1) is 18.3. The monoisotopic (exact) mass is 345 g/mol. The van der Waals surface area contributed by atoms with Crippen molar-refractivity contribution in [1.82, 2.24) is 0 Å². The first-order valence-corrected chi connectivity index (χ1v) is 7.58. The highest BCUT2D eigenvalue weighted by Crippen LogP contribution is 2.39. The van der Waals surface area contributed by atoms with E-state index in [4.69, 9.17) is 29.4 Å². The van der Waals surface area contributed by atoms with Gasteiger partial charge in [-0.05, 0) is 29.8 Å². The summed E-state index contributed by atoms with van der Waals surface area (Å²) < 4.78 is 26.6. The van der Waals surface area contributed by atoms with Crippen LogP contribution in [0.25, 0.3) is 12.2 Å². The van der Waals surface area contributed by atoms with E-state index >= 15 is 0 Å². The molecule has 0 heterocycles. The van der Waals surface area contributed by atoms with Crippen LogP contribution in [-0.2, 0) is 0 Å². The van der Waals surface area contributed by atoms with E-state index in [1.54, 1.807) is 35.5 Å². The topological polar surface area (TPSA) is 72.2 Å². The summed E-state index contributed by atoms with van der Waals surface area (Å²) in [4.78, 5) is 0. The Morgan fingerprint density at radius 3 is 1.72 bits per heavy atom. The van der Waals surface area contributed by atoms with Crippen LogP contribution in [0.15, 0.2) is 24.3 Å². The van der Waals surface area contributed by atoms with Gasteiger partial charge in [0.2, 0.25) is 5.75 Å². The molecule has 0 bridgehead atoms. The Balaban J connectivity index is 2.43. The normalized spacial score (nSPS) is 10.6. The summed E-state index contributed by atoms with van der Waals surface area (Å²) >= 11 is 0. The number of hydrogen-bond donors (Lipinski definition) is 1. The van der Waals surface area contributed by atoms with E-state index in [1.165, 1.54) is 0 Å². The molecule has 0 aliphatic heterocycles. The van der Waals surface area contributed by atoms with Crippen LogP contribution in [0.2, 0.25) is 0 Å². The highest BCUT2D eigenvalue weighted by Gasteiger charge is 2.13. The Morgan fingerprint density at radius 1 is 0.680 bits per heavy atom. The van der Waals surface area contributed by atoms with E-state index in [2.05, 4.69) is 0 Å². The number of anilines is 1. The van der Waals surface area contributed by atoms with Crippen LogP contribution in [0.1, 0.15) is 11.1 Å². The summed E-state index contributed by atoms with van der Waals surface area (Å²) in [5.41, 5.74) is 8.36. The van der Waals surface area contributed by atoms with Gasteiger partial charge in [0.25, 0.3) is 0 Å². The van der Waals surface area contributed by atoms with Gasteiger partial charge in [-0.1, -0.05) is 12.2 Å². The molecule has 6 nitrogen and oxygen atoms in total. The van der Waals surface area contributed by atoms with E-state index < -0.39 is 0 Å². The minimum atomic E-state index is 0.505. The van der Waals surface area contributed by atoms with Gasteiger partial charge in [-0.25, -0.2) is 0 Å². The standard InChI is InChI=1S/C19H23NO5/c1-21-14-9-8-13(17(20)19(14)25-5)7-6-12-10-15(22-2)18(24-4)16(11-12)23-3/h6-11H,20H2,1-5H3/b7-6-. The van der Waals surface area contributed by atoms with E-state index in [1.807, 2.05) is 36.4 Å². The molecule has 2 aromatic rings. The fraction of sp³-hybridized carbons (Fsp3) is 0.263. The molecule has 0 atom stereocenters. The van der Waals surface area contributed by atoms with Crippen molar-refractivity contribution >= 4 is 17.8 Å². The molecule has 0 saturated carbocycles. The van der Waals surface area contributed by atoms with E-state index in [0.29, 0.717) is 34.4 Å². The Bertz CT molecular complexity index is 746. The van der Waals surface area contributed by atoms with Crippen molar-refractivity contribution in [3.05, 3.63) is 35.4 Å². The molecule has 0 fully saturated rings. The molecule has 25 heavy (non-hydrogen) atoms. The predicted octanol–water partition coefficient (Wildman–Crippen LogP) is 3.48. The average Bonchev–Trinajstić information content (AvgIpc) is 2.65. The molecule has 6 heteroatoms. The number of benzene rings is 2. The second-order valence-electron chi connectivity index (χ2n) is 5.10. The molecule has 134 valence electrons. The highest BCUT2D eigenvalue weighted by molar-refractivity contribution is 5.81. The van der Waals surface area contributed by atoms with Crippen molar-refractivity contribution in [3.8, 4) is 28.7 Å². The van der Waals surface area contributed by atoms with E-state index in [9.17, 15) is 0 Å². The fourth-order valence-electron chi connectivity index (χ4n) is 2.49. The number of hydrogen-bond acceptors (Lipinski definition) is 6. The van der Waals surface area contributed by atoms with Crippen LogP contribution in [0.3, 0.4) is 0 Å². The molecule has 2 N–H and O–H groups in total. The highest BCUT2D eigenvalue weighted by atomic mass is 16.5. The SMILES string of the molecule is COc1cc(/C=C\c2ccc(OC)c(OC)c2N)cc(OC)c1OC. The van der Waals surface area contributed by atoms with Gasteiger partial charge in [0.1, 0.15) is 0 Å². The van der Waals surface area contributed by atoms with Crippen LogP contribution < -0.4 is 29.4 Å². The van der Waals surface area contributed by atoms with Gasteiger partial charge < -0.3 is 29.4 Å². The second kappa shape index (κ2) is 8.19. The molecule has 0 saturated heterocycles. The number of ether oxygens (including phenoxy) is 5. The Morgan fingerprint density at radius 2 is 1.24 bits per heavy atom. The first-order chi connectivity index (χ1) is 12.1. The lowest BCUT2D eigenvalue weighted by molar-refractivity contribution is 0.324. The largest absolute Gasteiger partial charge is 0.493 e. The Hall–Kier alpha value is -3.02. The molecule has 0 aliphatic carbocycles. The van der Waals surface area contributed by atoms with Gasteiger partial charge in [0.05, 0.1) is 41.2 Å². The third-order valence-electron chi connectivity index (χ3n) is 3.76. The molecular weight excluding hydrogens is 322 g/mol. The number of methoxy groups -OCH3 is 5. The predicted molar refractivity (Wildman–Crippen MR) is 99.0 cm³/mol. The molecule has 0 radical (unpaired) electrons. The van der Waals surface area contributed by atoms with Gasteiger partial charge >= 0.3 is 0 Å². The smallest absolute Gasteiger partial charge is 0.203 e. The maximum Gasteiger partial charge on any atom is 0.203 e. The van der Waals surface area contributed by atoms with Gasteiger partial charge in [0, 0.05) is 5.56 Å². The minimum Gasteiger partial charge on any atom is -0.493 e. The lowest BCUT2D eigenvalue weighted by Gasteiger charge is -2.13. The van der Waals surface area contributed by atoms with Crippen molar-refractivity contribution in [2.24, 2.45) is 0 Å². The number of nitrogen functional groups attached to an aromatic ring is 1. The van der Waals surface area contributed by atoms with Crippen molar-refractivity contribution in [2.45, 2.75) is 0 Å². The molecule has 0 spiro atoms. The van der Waals surface area contributed by atoms with E-state index in [0.717, 1.165) is 11.1 Å². The van der Waals surface area contributed by atoms with Crippen molar-refractivity contribution in [2.75, 3.05) is 41.3 Å². The first-order valence-electron chi connectivity index (χ1n) is 7.58. The van der Waals surface area contributed by atoms with Crippen molar-refractivity contribution < 1.29 is 23.7 Å². The lowest BCUT2D eigenvalue weighted by atomic mass is 10.1. The average molecular weight is 345 g/mol. The molecule has 0 aromatic heterocycles. The maximum atomic E-state index is 6.17. The summed E-state index contributed by atoms with van der Waals surface area (Å²) in [5.74, 6) is 2.82. The molecule has 2 aromatic carbocycles. The summed E-state index contributed by atoms with van der Waals surface area (Å²) in [6.07, 6.45) is 3.79. The minimum absolute atomic E-state index is 0.505. The molecule has 0 unspecified atom stereocenters. The summed E-state index contributed by atoms with van der Waals surface area (Å²) in [6, 6.07) is 7.39. The molecule has 0 amide bonds. The zero-order valence-corrected chi connectivity index (χ0v) is 15.1. The zero-order valence-electron chi connectivity index (χ0n) is 15.1. The zero-order chi connectivity index (χ0) is 18.4. The maximum absolute atomic E-state index is 6.17. The van der Waals surface area contributed by atoms with Crippen LogP contribution in [0.5, 0.6) is 28.7 Å². The van der Waals surface area contributed by atoms with Crippen molar-refractivity contribution in [3.63, 3.8) is 0 Å². The second-order valence-corrected chi connectivity index (χ2v) is 5.10. The summed E-state index contributed by atoms with van der Waals surface area (Å²) in [5, 5.41) is 0. The lowest BCUT2D eigenvalue weighted by Crippen LogP contribution is -1.98. The van der Waals surface area contributed by atoms with Crippen LogP contribution in [-0.4, -0.2) is 35.5 Å². The van der Waals surface area contributed by atoms with Gasteiger partial charge in [-0.3, -0.25) is 0 Å².